The van der Waals surface area contributed by atoms with Gasteiger partial charge in [-0.2, -0.15) is 0 Å². The van der Waals surface area contributed by atoms with E-state index in [9.17, 15) is 8.78 Å². The lowest BCUT2D eigenvalue weighted by Crippen LogP contribution is -2.38. The molecule has 0 spiro atoms. The molecule has 0 radical (unpaired) electrons. The number of anilines is 1. The Morgan fingerprint density at radius 3 is 2.69 bits per heavy atom. The minimum Gasteiger partial charge on any atom is -0.367 e. The molecule has 2 aromatic heterocycles. The van der Waals surface area contributed by atoms with E-state index in [2.05, 4.69) is 51.4 Å². The van der Waals surface area contributed by atoms with E-state index in [1.165, 1.54) is 28.8 Å². The Hall–Kier alpha value is -2.12. The van der Waals surface area contributed by atoms with Crippen molar-refractivity contribution in [1.29, 1.82) is 0 Å². The highest BCUT2D eigenvalue weighted by Crippen LogP contribution is 2.32. The predicted molar refractivity (Wildman–Crippen MR) is 115 cm³/mol. The summed E-state index contributed by atoms with van der Waals surface area (Å²) < 4.78 is 26.8. The number of piperidine rings is 1. The number of hydrogen-bond acceptors (Lipinski definition) is 5. The zero-order valence-corrected chi connectivity index (χ0v) is 17.6. The van der Waals surface area contributed by atoms with E-state index in [-0.39, 0.29) is 6.42 Å². The van der Waals surface area contributed by atoms with E-state index in [1.54, 1.807) is 0 Å². The number of likely N-dealkylation sites (tertiary alicyclic amines) is 1. The van der Waals surface area contributed by atoms with Gasteiger partial charge in [-0.25, -0.2) is 18.7 Å². The fourth-order valence-corrected chi connectivity index (χ4v) is 4.99. The van der Waals surface area contributed by atoms with Crippen molar-refractivity contribution in [3.05, 3.63) is 52.7 Å². The van der Waals surface area contributed by atoms with Crippen LogP contribution in [0.2, 0.25) is 0 Å². The van der Waals surface area contributed by atoms with Crippen LogP contribution in [0.25, 0.3) is 10.2 Å². The number of alkyl halides is 2. The predicted octanol–water partition coefficient (Wildman–Crippen LogP) is 5.27. The molecule has 154 valence electrons. The average Bonchev–Trinajstić information content (AvgIpc) is 3.07. The van der Waals surface area contributed by atoms with Gasteiger partial charge in [0.1, 0.15) is 17.0 Å². The Bertz CT molecular complexity index is 974. The van der Waals surface area contributed by atoms with Gasteiger partial charge in [0.25, 0.3) is 0 Å². The molecular formula is C22H26F2N4S. The summed E-state index contributed by atoms with van der Waals surface area (Å²) in [5.74, 6) is -1.96. The number of nitrogens with one attached hydrogen (secondary N) is 1. The number of aryl methyl sites for hydroxylation is 1. The molecule has 0 atom stereocenters. The van der Waals surface area contributed by atoms with Crippen molar-refractivity contribution < 1.29 is 8.78 Å². The quantitative estimate of drug-likeness (QED) is 0.594. The maximum Gasteiger partial charge on any atom is 0.250 e. The SMILES string of the molecule is Cc1ccccc1CN1CCC(Nc2ncnc3sc(CC(C)(F)F)cc23)CC1. The number of nitrogens with zero attached hydrogens (tertiary/aromatic N) is 3. The highest BCUT2D eigenvalue weighted by Gasteiger charge is 2.24. The first-order valence-corrected chi connectivity index (χ1v) is 10.8. The molecule has 3 aromatic rings. The third-order valence-corrected chi connectivity index (χ3v) is 6.49. The molecule has 0 unspecified atom stereocenters. The van der Waals surface area contributed by atoms with E-state index < -0.39 is 5.92 Å². The summed E-state index contributed by atoms with van der Waals surface area (Å²) >= 11 is 1.32. The lowest BCUT2D eigenvalue weighted by atomic mass is 10.0. The second kappa shape index (κ2) is 8.32. The number of halogens is 2. The molecular weight excluding hydrogens is 390 g/mol. The van der Waals surface area contributed by atoms with Gasteiger partial charge in [0, 0.05) is 37.0 Å². The van der Waals surface area contributed by atoms with E-state index in [4.69, 9.17) is 0 Å². The summed E-state index contributed by atoms with van der Waals surface area (Å²) in [7, 11) is 0. The topological polar surface area (TPSA) is 41.0 Å². The van der Waals surface area contributed by atoms with E-state index >= 15 is 0 Å². The maximum atomic E-state index is 13.4. The van der Waals surface area contributed by atoms with Crippen molar-refractivity contribution in [2.45, 2.75) is 51.6 Å². The molecule has 1 aromatic carbocycles. The summed E-state index contributed by atoms with van der Waals surface area (Å²) in [5.41, 5.74) is 2.72. The lowest BCUT2D eigenvalue weighted by Gasteiger charge is -2.33. The van der Waals surface area contributed by atoms with Crippen molar-refractivity contribution >= 4 is 27.4 Å². The number of benzene rings is 1. The number of rotatable bonds is 6. The molecule has 4 rings (SSSR count). The first kappa shape index (κ1) is 20.2. The summed E-state index contributed by atoms with van der Waals surface area (Å²) in [5, 5.41) is 4.38. The molecule has 1 aliphatic rings. The molecule has 0 amide bonds. The van der Waals surface area contributed by atoms with Gasteiger partial charge in [0.2, 0.25) is 5.92 Å². The largest absolute Gasteiger partial charge is 0.367 e. The summed E-state index contributed by atoms with van der Waals surface area (Å²) in [6.07, 6.45) is 3.32. The lowest BCUT2D eigenvalue weighted by molar-refractivity contribution is 0.0235. The number of aromatic nitrogens is 2. The van der Waals surface area contributed by atoms with Crippen LogP contribution in [0.3, 0.4) is 0 Å². The van der Waals surface area contributed by atoms with Gasteiger partial charge in [-0.15, -0.1) is 11.3 Å². The Labute approximate surface area is 174 Å². The Kier molecular flexibility index (Phi) is 5.79. The van der Waals surface area contributed by atoms with Crippen LogP contribution in [0, 0.1) is 6.92 Å². The second-order valence-corrected chi connectivity index (χ2v) is 9.14. The normalized spacial score (nSPS) is 16.4. The van der Waals surface area contributed by atoms with Gasteiger partial charge in [-0.1, -0.05) is 24.3 Å². The van der Waals surface area contributed by atoms with Gasteiger partial charge >= 0.3 is 0 Å². The Morgan fingerprint density at radius 2 is 1.97 bits per heavy atom. The van der Waals surface area contributed by atoms with Crippen molar-refractivity contribution in [2.24, 2.45) is 0 Å². The molecule has 1 aliphatic heterocycles. The van der Waals surface area contributed by atoms with Crippen molar-refractivity contribution in [2.75, 3.05) is 18.4 Å². The third kappa shape index (κ3) is 5.08. The summed E-state index contributed by atoms with van der Waals surface area (Å²) in [6.45, 7) is 6.14. The molecule has 0 saturated carbocycles. The number of hydrogen-bond donors (Lipinski definition) is 1. The van der Waals surface area contributed by atoms with Crippen molar-refractivity contribution in [1.82, 2.24) is 14.9 Å². The molecule has 0 aliphatic carbocycles. The molecule has 3 heterocycles. The van der Waals surface area contributed by atoms with Gasteiger partial charge in [0.05, 0.1) is 5.39 Å². The van der Waals surface area contributed by atoms with Crippen LogP contribution in [0.5, 0.6) is 0 Å². The summed E-state index contributed by atoms with van der Waals surface area (Å²) in [4.78, 5) is 12.6. The van der Waals surface area contributed by atoms with Gasteiger partial charge < -0.3 is 5.32 Å². The standard InChI is InChI=1S/C22H26F2N4S/c1-15-5-3-4-6-16(15)13-28-9-7-17(8-10-28)27-20-19-11-18(12-22(2,23)24)29-21(19)26-14-25-20/h3-6,11,14,17H,7-10,12-13H2,1-2H3,(H,25,26,27). The highest BCUT2D eigenvalue weighted by atomic mass is 32.1. The van der Waals surface area contributed by atoms with Crippen LogP contribution in [-0.4, -0.2) is 39.9 Å². The second-order valence-electron chi connectivity index (χ2n) is 8.02. The molecule has 7 heteroatoms. The monoisotopic (exact) mass is 416 g/mol. The third-order valence-electron chi connectivity index (χ3n) is 5.45. The molecule has 0 bridgehead atoms. The molecule has 29 heavy (non-hydrogen) atoms. The smallest absolute Gasteiger partial charge is 0.250 e. The molecule has 1 fully saturated rings. The van der Waals surface area contributed by atoms with Gasteiger partial charge in [-0.3, -0.25) is 4.90 Å². The molecule has 4 nitrogen and oxygen atoms in total. The van der Waals surface area contributed by atoms with Crippen LogP contribution >= 0.6 is 11.3 Å². The first-order chi connectivity index (χ1) is 13.9. The van der Waals surface area contributed by atoms with Crippen LogP contribution in [0.1, 0.15) is 35.8 Å². The van der Waals surface area contributed by atoms with Crippen LogP contribution in [0.4, 0.5) is 14.6 Å². The Morgan fingerprint density at radius 1 is 1.21 bits per heavy atom. The number of thiophene rings is 1. The minimum atomic E-state index is -2.72. The number of fused-ring (bicyclic) bond motifs is 1. The van der Waals surface area contributed by atoms with Crippen LogP contribution in [-0.2, 0) is 13.0 Å². The van der Waals surface area contributed by atoms with E-state index in [0.717, 1.165) is 55.4 Å². The van der Waals surface area contributed by atoms with Gasteiger partial charge in [0.15, 0.2) is 0 Å². The fraction of sp³-hybridized carbons (Fsp3) is 0.455. The van der Waals surface area contributed by atoms with Crippen molar-refractivity contribution in [3.8, 4) is 0 Å². The van der Waals surface area contributed by atoms with Crippen LogP contribution < -0.4 is 5.32 Å². The average molecular weight is 417 g/mol. The van der Waals surface area contributed by atoms with Crippen LogP contribution in [0.15, 0.2) is 36.7 Å². The van der Waals surface area contributed by atoms with Crippen molar-refractivity contribution in [3.63, 3.8) is 0 Å². The zero-order valence-electron chi connectivity index (χ0n) is 16.8. The van der Waals surface area contributed by atoms with E-state index in [0.29, 0.717) is 10.9 Å². The summed E-state index contributed by atoms with van der Waals surface area (Å²) in [6, 6.07) is 10.7. The maximum absolute atomic E-state index is 13.4. The first-order valence-electron chi connectivity index (χ1n) is 10.0. The minimum absolute atomic E-state index is 0.259. The molecule has 1 N–H and O–H groups in total. The van der Waals surface area contributed by atoms with E-state index in [1.807, 2.05) is 6.07 Å². The fourth-order valence-electron chi connectivity index (χ4n) is 3.87. The van der Waals surface area contributed by atoms with Gasteiger partial charge in [-0.05, 0) is 43.9 Å². The zero-order chi connectivity index (χ0) is 20.4. The Balaban J connectivity index is 1.39. The highest BCUT2D eigenvalue weighted by molar-refractivity contribution is 7.18. The molecule has 1 saturated heterocycles.